The lowest BCUT2D eigenvalue weighted by Gasteiger charge is -2.19. The molecule has 1 aromatic heterocycles. The number of carbonyl (C=O) groups is 1. The number of rotatable bonds is 8. The first-order valence-corrected chi connectivity index (χ1v) is 11.9. The van der Waals surface area contributed by atoms with E-state index in [1.165, 1.54) is 36.9 Å². The Morgan fingerprint density at radius 1 is 1.06 bits per heavy atom. The van der Waals surface area contributed by atoms with Crippen LogP contribution in [0.15, 0.2) is 86.9 Å². The molecular formula is C24H23N3O6S. The number of sulfonamides is 1. The fraction of sp³-hybridized carbons (Fsp3) is 0.167. The summed E-state index contributed by atoms with van der Waals surface area (Å²) in [5.74, 6) is -0.583. The average molecular weight is 482 g/mol. The van der Waals surface area contributed by atoms with E-state index in [2.05, 4.69) is 10.0 Å². The highest BCUT2D eigenvalue weighted by atomic mass is 32.2. The first kappa shape index (κ1) is 23.3. The van der Waals surface area contributed by atoms with Crippen molar-refractivity contribution in [2.75, 3.05) is 12.4 Å². The van der Waals surface area contributed by atoms with Crippen LogP contribution in [0.2, 0.25) is 0 Å². The molecule has 0 aliphatic rings. The number of methoxy groups -OCH3 is 1. The number of amides is 1. The standard InChI is InChI=1S/C24H23N3O6S/c1-27-21-12-11-19(15-22(21)33-24(27)29)34(30,31)26-20(13-16-7-4-3-5-8-16)23(28)25-17-9-6-10-18(14-17)32-2/h3-12,14-15,20,26H,13H2,1-2H3,(H,25,28)/t20-/m0/s1. The molecule has 0 saturated heterocycles. The number of nitrogens with one attached hydrogen (secondary N) is 2. The molecule has 0 aliphatic heterocycles. The molecule has 1 amide bonds. The summed E-state index contributed by atoms with van der Waals surface area (Å²) in [6, 6.07) is 18.8. The van der Waals surface area contributed by atoms with E-state index < -0.39 is 27.7 Å². The van der Waals surface area contributed by atoms with Crippen LogP contribution in [-0.4, -0.2) is 32.0 Å². The summed E-state index contributed by atoms with van der Waals surface area (Å²) in [4.78, 5) is 24.8. The van der Waals surface area contributed by atoms with Crippen molar-refractivity contribution < 1.29 is 22.4 Å². The van der Waals surface area contributed by atoms with Gasteiger partial charge < -0.3 is 14.5 Å². The third-order valence-corrected chi connectivity index (χ3v) is 6.78. The molecule has 1 heterocycles. The summed E-state index contributed by atoms with van der Waals surface area (Å²) in [7, 11) is -1.09. The number of fused-ring (bicyclic) bond motifs is 1. The molecule has 10 heteroatoms. The molecule has 4 rings (SSSR count). The van der Waals surface area contributed by atoms with Crippen LogP contribution in [-0.2, 0) is 28.3 Å². The zero-order chi connectivity index (χ0) is 24.3. The van der Waals surface area contributed by atoms with Crippen LogP contribution in [0, 0.1) is 0 Å². The maximum Gasteiger partial charge on any atom is 0.419 e. The Labute approximate surface area is 196 Å². The Balaban J connectivity index is 1.63. The minimum atomic E-state index is -4.13. The van der Waals surface area contributed by atoms with E-state index in [1.807, 2.05) is 30.3 Å². The Hall–Kier alpha value is -3.89. The Morgan fingerprint density at radius 3 is 2.56 bits per heavy atom. The van der Waals surface area contributed by atoms with Crippen molar-refractivity contribution in [2.45, 2.75) is 17.4 Å². The van der Waals surface area contributed by atoms with Gasteiger partial charge in [-0.2, -0.15) is 4.72 Å². The molecule has 0 radical (unpaired) electrons. The molecule has 0 spiro atoms. The molecule has 0 fully saturated rings. The lowest BCUT2D eigenvalue weighted by molar-refractivity contribution is -0.117. The number of oxazole rings is 1. The van der Waals surface area contributed by atoms with Gasteiger partial charge in [0.2, 0.25) is 15.9 Å². The van der Waals surface area contributed by atoms with E-state index in [0.29, 0.717) is 17.0 Å². The maximum atomic E-state index is 13.2. The lowest BCUT2D eigenvalue weighted by atomic mass is 10.1. The summed E-state index contributed by atoms with van der Waals surface area (Å²) >= 11 is 0. The van der Waals surface area contributed by atoms with E-state index in [4.69, 9.17) is 9.15 Å². The van der Waals surface area contributed by atoms with E-state index in [-0.39, 0.29) is 16.9 Å². The van der Waals surface area contributed by atoms with Crippen LogP contribution in [0.4, 0.5) is 5.69 Å². The zero-order valence-corrected chi connectivity index (χ0v) is 19.3. The van der Waals surface area contributed by atoms with Crippen molar-refractivity contribution in [3.05, 3.63) is 88.9 Å². The van der Waals surface area contributed by atoms with Gasteiger partial charge in [0.25, 0.3) is 0 Å². The second-order valence-electron chi connectivity index (χ2n) is 7.64. The fourth-order valence-corrected chi connectivity index (χ4v) is 4.71. The van der Waals surface area contributed by atoms with Crippen LogP contribution >= 0.6 is 0 Å². The number of hydrogen-bond acceptors (Lipinski definition) is 6. The van der Waals surface area contributed by atoms with Gasteiger partial charge in [0.05, 0.1) is 17.5 Å². The largest absolute Gasteiger partial charge is 0.497 e. The number of nitrogens with zero attached hydrogens (tertiary/aromatic N) is 1. The SMILES string of the molecule is COc1cccc(NC(=O)[C@H](Cc2ccccc2)NS(=O)(=O)c2ccc3c(c2)oc(=O)n3C)c1. The summed E-state index contributed by atoms with van der Waals surface area (Å²) in [5.41, 5.74) is 1.84. The highest BCUT2D eigenvalue weighted by molar-refractivity contribution is 7.89. The maximum absolute atomic E-state index is 13.2. The minimum Gasteiger partial charge on any atom is -0.497 e. The molecule has 3 aromatic carbocycles. The van der Waals surface area contributed by atoms with Gasteiger partial charge in [-0.3, -0.25) is 9.36 Å². The molecule has 34 heavy (non-hydrogen) atoms. The molecule has 9 nitrogen and oxygen atoms in total. The summed E-state index contributed by atoms with van der Waals surface area (Å²) in [6.45, 7) is 0. The number of aryl methyl sites for hydroxylation is 1. The van der Waals surface area contributed by atoms with E-state index >= 15 is 0 Å². The second kappa shape index (κ2) is 9.54. The van der Waals surface area contributed by atoms with Gasteiger partial charge in [0.15, 0.2) is 5.58 Å². The zero-order valence-electron chi connectivity index (χ0n) is 18.5. The van der Waals surface area contributed by atoms with Gasteiger partial charge in [0, 0.05) is 24.9 Å². The van der Waals surface area contributed by atoms with Crippen molar-refractivity contribution in [1.82, 2.24) is 9.29 Å². The highest BCUT2D eigenvalue weighted by Gasteiger charge is 2.27. The van der Waals surface area contributed by atoms with Gasteiger partial charge in [-0.05, 0) is 36.2 Å². The molecule has 0 bridgehead atoms. The van der Waals surface area contributed by atoms with Gasteiger partial charge in [-0.25, -0.2) is 13.2 Å². The molecule has 0 unspecified atom stereocenters. The first-order chi connectivity index (χ1) is 16.3. The van der Waals surface area contributed by atoms with Crippen molar-refractivity contribution in [3.63, 3.8) is 0 Å². The smallest absolute Gasteiger partial charge is 0.419 e. The molecule has 2 N–H and O–H groups in total. The van der Waals surface area contributed by atoms with Crippen LogP contribution in [0.1, 0.15) is 5.56 Å². The number of ether oxygens (including phenoxy) is 1. The molecule has 176 valence electrons. The fourth-order valence-electron chi connectivity index (χ4n) is 3.50. The minimum absolute atomic E-state index is 0.124. The van der Waals surface area contributed by atoms with Gasteiger partial charge in [-0.1, -0.05) is 36.4 Å². The van der Waals surface area contributed by atoms with Gasteiger partial charge in [0.1, 0.15) is 11.8 Å². The van der Waals surface area contributed by atoms with Crippen molar-refractivity contribution >= 4 is 32.7 Å². The summed E-state index contributed by atoms with van der Waals surface area (Å²) in [6.07, 6.45) is 0.124. The van der Waals surface area contributed by atoms with Crippen LogP contribution in [0.5, 0.6) is 5.75 Å². The van der Waals surface area contributed by atoms with E-state index in [9.17, 15) is 18.0 Å². The third kappa shape index (κ3) is 5.03. The summed E-state index contributed by atoms with van der Waals surface area (Å²) < 4.78 is 40.4. The molecular weight excluding hydrogens is 458 g/mol. The number of carbonyl (C=O) groups excluding carboxylic acids is 1. The van der Waals surface area contributed by atoms with E-state index in [0.717, 1.165) is 5.56 Å². The number of hydrogen-bond donors (Lipinski definition) is 2. The van der Waals surface area contributed by atoms with Crippen molar-refractivity contribution in [1.29, 1.82) is 0 Å². The highest BCUT2D eigenvalue weighted by Crippen LogP contribution is 2.20. The average Bonchev–Trinajstić information content (AvgIpc) is 3.12. The normalized spacial score (nSPS) is 12.4. The molecule has 0 aliphatic carbocycles. The predicted molar refractivity (Wildman–Crippen MR) is 127 cm³/mol. The van der Waals surface area contributed by atoms with Gasteiger partial charge in [-0.15, -0.1) is 0 Å². The van der Waals surface area contributed by atoms with Crippen molar-refractivity contribution in [3.8, 4) is 5.75 Å². The summed E-state index contributed by atoms with van der Waals surface area (Å²) in [5, 5.41) is 2.74. The van der Waals surface area contributed by atoms with Crippen LogP contribution < -0.4 is 20.5 Å². The van der Waals surface area contributed by atoms with Gasteiger partial charge >= 0.3 is 5.76 Å². The van der Waals surface area contributed by atoms with Crippen LogP contribution in [0.3, 0.4) is 0 Å². The number of benzene rings is 3. The number of anilines is 1. The molecule has 0 saturated carbocycles. The number of aromatic nitrogens is 1. The molecule has 4 aromatic rings. The van der Waals surface area contributed by atoms with Crippen LogP contribution in [0.25, 0.3) is 11.1 Å². The first-order valence-electron chi connectivity index (χ1n) is 10.4. The Kier molecular flexibility index (Phi) is 6.53. The van der Waals surface area contributed by atoms with Crippen molar-refractivity contribution in [2.24, 2.45) is 7.05 Å². The third-order valence-electron chi connectivity index (χ3n) is 5.31. The monoisotopic (exact) mass is 481 g/mol. The second-order valence-corrected chi connectivity index (χ2v) is 9.36. The topological polar surface area (TPSA) is 120 Å². The Bertz CT molecular complexity index is 1490. The lowest BCUT2D eigenvalue weighted by Crippen LogP contribution is -2.45. The molecule has 1 atom stereocenters. The quantitative estimate of drug-likeness (QED) is 0.399. The Morgan fingerprint density at radius 2 is 1.82 bits per heavy atom. The van der Waals surface area contributed by atoms with E-state index in [1.54, 1.807) is 24.3 Å². The predicted octanol–water partition coefficient (Wildman–Crippen LogP) is 2.67.